The van der Waals surface area contributed by atoms with Gasteiger partial charge in [0.05, 0.1) is 11.5 Å². The number of hydrogen-bond acceptors (Lipinski definition) is 4. The molecule has 0 aliphatic carbocycles. The Morgan fingerprint density at radius 3 is 2.45 bits per heavy atom. The molecule has 1 atom stereocenters. The lowest BCUT2D eigenvalue weighted by atomic mass is 10.1. The van der Waals surface area contributed by atoms with Crippen LogP contribution in [0.15, 0.2) is 24.3 Å². The van der Waals surface area contributed by atoms with Crippen LogP contribution in [0.25, 0.3) is 0 Å². The van der Waals surface area contributed by atoms with Gasteiger partial charge < -0.3 is 5.32 Å². The highest BCUT2D eigenvalue weighted by Gasteiger charge is 2.28. The first kappa shape index (κ1) is 14.7. The van der Waals surface area contributed by atoms with Crippen LogP contribution in [0.2, 0.25) is 0 Å². The Hall–Kier alpha value is -1.69. The zero-order valence-corrected chi connectivity index (χ0v) is 12.1. The van der Waals surface area contributed by atoms with E-state index in [1.807, 2.05) is 6.92 Å². The molecule has 108 valence electrons. The molecule has 6 heteroatoms. The molecular formula is C14H17NO4S. The van der Waals surface area contributed by atoms with E-state index in [4.69, 9.17) is 0 Å². The van der Waals surface area contributed by atoms with E-state index in [2.05, 4.69) is 5.32 Å². The second-order valence-electron chi connectivity index (χ2n) is 5.17. The Kier molecular flexibility index (Phi) is 4.23. The molecule has 0 bridgehead atoms. The molecule has 20 heavy (non-hydrogen) atoms. The van der Waals surface area contributed by atoms with E-state index < -0.39 is 21.5 Å². The third-order valence-corrected chi connectivity index (χ3v) is 5.24. The highest BCUT2D eigenvalue weighted by atomic mass is 32.2. The number of amides is 1. The van der Waals surface area contributed by atoms with Crippen LogP contribution in [0.4, 0.5) is 0 Å². The van der Waals surface area contributed by atoms with Crippen molar-refractivity contribution in [2.75, 3.05) is 18.1 Å². The molecule has 1 amide bonds. The Balaban J connectivity index is 1.89. The number of benzene rings is 1. The molecule has 0 radical (unpaired) electrons. The average Bonchev–Trinajstić information content (AvgIpc) is 2.75. The number of rotatable bonds is 4. The molecule has 1 heterocycles. The molecule has 1 fully saturated rings. The smallest absolute Gasteiger partial charge is 0.292 e. The lowest BCUT2D eigenvalue weighted by Crippen LogP contribution is -2.35. The standard InChI is InChI=1S/C14H17NO4S/c1-10-2-4-12(5-3-10)13(16)14(17)15-8-11-6-7-20(18,19)9-11/h2-5,11H,6-9H2,1H3,(H,15,17). The maximum absolute atomic E-state index is 11.9. The molecule has 1 aromatic rings. The summed E-state index contributed by atoms with van der Waals surface area (Å²) in [6.45, 7) is 2.13. The van der Waals surface area contributed by atoms with Gasteiger partial charge in [-0.2, -0.15) is 0 Å². The largest absolute Gasteiger partial charge is 0.349 e. The lowest BCUT2D eigenvalue weighted by molar-refractivity contribution is -0.117. The number of ketones is 1. The van der Waals surface area contributed by atoms with Gasteiger partial charge in [0.15, 0.2) is 9.84 Å². The first-order valence-electron chi connectivity index (χ1n) is 6.47. The molecule has 1 aromatic carbocycles. The van der Waals surface area contributed by atoms with Crippen molar-refractivity contribution in [3.05, 3.63) is 35.4 Å². The Bertz CT molecular complexity index is 619. The van der Waals surface area contributed by atoms with Crippen LogP contribution < -0.4 is 5.32 Å². The van der Waals surface area contributed by atoms with Gasteiger partial charge in [0, 0.05) is 12.1 Å². The first-order chi connectivity index (χ1) is 9.37. The van der Waals surface area contributed by atoms with E-state index in [1.165, 1.54) is 0 Å². The number of carbonyl (C=O) groups is 2. The van der Waals surface area contributed by atoms with Crippen LogP contribution in [0.5, 0.6) is 0 Å². The Labute approximate surface area is 118 Å². The molecule has 0 spiro atoms. The molecule has 1 aliphatic rings. The fourth-order valence-corrected chi connectivity index (χ4v) is 4.05. The van der Waals surface area contributed by atoms with Crippen molar-refractivity contribution in [1.82, 2.24) is 5.32 Å². The summed E-state index contributed by atoms with van der Waals surface area (Å²) in [5, 5.41) is 2.52. The number of sulfone groups is 1. The zero-order valence-electron chi connectivity index (χ0n) is 11.3. The topological polar surface area (TPSA) is 80.3 Å². The normalized spacial score (nSPS) is 20.6. The summed E-state index contributed by atoms with van der Waals surface area (Å²) >= 11 is 0. The van der Waals surface area contributed by atoms with Crippen LogP contribution in [0, 0.1) is 12.8 Å². The van der Waals surface area contributed by atoms with Crippen molar-refractivity contribution >= 4 is 21.5 Å². The Morgan fingerprint density at radius 1 is 1.25 bits per heavy atom. The molecule has 1 N–H and O–H groups in total. The quantitative estimate of drug-likeness (QED) is 0.656. The fraction of sp³-hybridized carbons (Fsp3) is 0.429. The summed E-state index contributed by atoms with van der Waals surface area (Å²) in [6.07, 6.45) is 0.543. The summed E-state index contributed by atoms with van der Waals surface area (Å²) in [6, 6.07) is 6.75. The molecule has 0 aromatic heterocycles. The van der Waals surface area contributed by atoms with Gasteiger partial charge in [-0.05, 0) is 19.3 Å². The predicted molar refractivity (Wildman–Crippen MR) is 75.3 cm³/mol. The second-order valence-corrected chi connectivity index (χ2v) is 7.40. The summed E-state index contributed by atoms with van der Waals surface area (Å²) in [5.41, 5.74) is 1.35. The summed E-state index contributed by atoms with van der Waals surface area (Å²) in [7, 11) is -2.96. The van der Waals surface area contributed by atoms with Gasteiger partial charge >= 0.3 is 0 Å². The van der Waals surface area contributed by atoms with Gasteiger partial charge in [-0.25, -0.2) is 8.42 Å². The highest BCUT2D eigenvalue weighted by Crippen LogP contribution is 2.17. The average molecular weight is 295 g/mol. The minimum Gasteiger partial charge on any atom is -0.349 e. The van der Waals surface area contributed by atoms with Gasteiger partial charge in [0.25, 0.3) is 5.91 Å². The number of hydrogen-bond donors (Lipinski definition) is 1. The third-order valence-electron chi connectivity index (χ3n) is 3.40. The molecule has 2 rings (SSSR count). The zero-order chi connectivity index (χ0) is 14.8. The summed E-state index contributed by atoms with van der Waals surface area (Å²) in [5.74, 6) is -1.11. The van der Waals surface area contributed by atoms with Crippen molar-refractivity contribution in [2.24, 2.45) is 5.92 Å². The van der Waals surface area contributed by atoms with Crippen molar-refractivity contribution in [3.63, 3.8) is 0 Å². The lowest BCUT2D eigenvalue weighted by Gasteiger charge is -2.09. The van der Waals surface area contributed by atoms with Crippen LogP contribution in [-0.4, -0.2) is 38.2 Å². The number of carbonyl (C=O) groups excluding carboxylic acids is 2. The summed E-state index contributed by atoms with van der Waals surface area (Å²) < 4.78 is 22.6. The van der Waals surface area contributed by atoms with Gasteiger partial charge in [-0.1, -0.05) is 29.8 Å². The van der Waals surface area contributed by atoms with Crippen molar-refractivity contribution in [3.8, 4) is 0 Å². The summed E-state index contributed by atoms with van der Waals surface area (Å²) in [4.78, 5) is 23.6. The van der Waals surface area contributed by atoms with Gasteiger partial charge in [0.2, 0.25) is 5.78 Å². The van der Waals surface area contributed by atoms with Crippen LogP contribution in [0.1, 0.15) is 22.3 Å². The fourth-order valence-electron chi connectivity index (χ4n) is 2.19. The predicted octanol–water partition coefficient (Wildman–Crippen LogP) is 0.729. The first-order valence-corrected chi connectivity index (χ1v) is 8.29. The molecular weight excluding hydrogens is 278 g/mol. The molecule has 5 nitrogen and oxygen atoms in total. The van der Waals surface area contributed by atoms with E-state index in [9.17, 15) is 18.0 Å². The van der Waals surface area contributed by atoms with E-state index in [-0.39, 0.29) is 24.0 Å². The SMILES string of the molecule is Cc1ccc(C(=O)C(=O)NCC2CCS(=O)(=O)C2)cc1. The maximum atomic E-state index is 11.9. The maximum Gasteiger partial charge on any atom is 0.292 e. The van der Waals surface area contributed by atoms with Gasteiger partial charge in [-0.15, -0.1) is 0 Å². The number of aryl methyl sites for hydroxylation is 1. The highest BCUT2D eigenvalue weighted by molar-refractivity contribution is 7.91. The minimum absolute atomic E-state index is 0.0882. The van der Waals surface area contributed by atoms with Crippen molar-refractivity contribution in [1.29, 1.82) is 0 Å². The molecule has 1 unspecified atom stereocenters. The second kappa shape index (κ2) is 5.75. The van der Waals surface area contributed by atoms with Gasteiger partial charge in [-0.3, -0.25) is 9.59 Å². The Morgan fingerprint density at radius 2 is 1.90 bits per heavy atom. The van der Waals surface area contributed by atoms with E-state index in [1.54, 1.807) is 24.3 Å². The number of Topliss-reactive ketones (excluding diaryl/α,β-unsaturated/α-hetero) is 1. The van der Waals surface area contributed by atoms with E-state index in [0.717, 1.165) is 5.56 Å². The monoisotopic (exact) mass is 295 g/mol. The molecule has 1 saturated heterocycles. The third kappa shape index (κ3) is 3.66. The van der Waals surface area contributed by atoms with E-state index in [0.29, 0.717) is 12.0 Å². The molecule has 0 saturated carbocycles. The minimum atomic E-state index is -2.96. The van der Waals surface area contributed by atoms with Gasteiger partial charge in [0.1, 0.15) is 0 Å². The van der Waals surface area contributed by atoms with E-state index >= 15 is 0 Å². The van der Waals surface area contributed by atoms with Crippen LogP contribution in [-0.2, 0) is 14.6 Å². The van der Waals surface area contributed by atoms with Crippen LogP contribution in [0.3, 0.4) is 0 Å². The number of nitrogens with one attached hydrogen (secondary N) is 1. The van der Waals surface area contributed by atoms with Crippen LogP contribution >= 0.6 is 0 Å². The molecule has 1 aliphatic heterocycles. The van der Waals surface area contributed by atoms with Crippen molar-refractivity contribution < 1.29 is 18.0 Å². The van der Waals surface area contributed by atoms with Crippen molar-refractivity contribution in [2.45, 2.75) is 13.3 Å².